The molecule has 23 heavy (non-hydrogen) atoms. The number of guanidine groups is 1. The van der Waals surface area contributed by atoms with Crippen LogP contribution in [0.4, 0.5) is 13.2 Å². The van der Waals surface area contributed by atoms with Gasteiger partial charge in [0.25, 0.3) is 0 Å². The van der Waals surface area contributed by atoms with Gasteiger partial charge in [-0.25, -0.2) is 4.98 Å². The van der Waals surface area contributed by atoms with Gasteiger partial charge in [-0.15, -0.1) is 11.3 Å². The van der Waals surface area contributed by atoms with E-state index in [0.717, 1.165) is 23.1 Å². The molecule has 0 radical (unpaired) electrons. The summed E-state index contributed by atoms with van der Waals surface area (Å²) in [5, 5.41) is 7.46. The Bertz CT molecular complexity index is 638. The fourth-order valence-corrected chi connectivity index (χ4v) is 2.61. The molecule has 0 atom stereocenters. The Hall–Kier alpha value is -2.09. The lowest BCUT2D eigenvalue weighted by Crippen LogP contribution is -2.37. The van der Waals surface area contributed by atoms with Gasteiger partial charge in [0.1, 0.15) is 5.01 Å². The van der Waals surface area contributed by atoms with E-state index in [1.54, 1.807) is 7.05 Å². The van der Waals surface area contributed by atoms with Gasteiger partial charge in [-0.2, -0.15) is 13.2 Å². The van der Waals surface area contributed by atoms with Crippen LogP contribution >= 0.6 is 11.3 Å². The summed E-state index contributed by atoms with van der Waals surface area (Å²) in [6.07, 6.45) is -3.57. The summed E-state index contributed by atoms with van der Waals surface area (Å²) in [6, 6.07) is 9.98. The minimum absolute atomic E-state index is 0.200. The van der Waals surface area contributed by atoms with Crippen LogP contribution < -0.4 is 10.6 Å². The Morgan fingerprint density at radius 3 is 2.57 bits per heavy atom. The highest BCUT2D eigenvalue weighted by Crippen LogP contribution is 2.29. The molecule has 1 heterocycles. The van der Waals surface area contributed by atoms with Crippen LogP contribution in [-0.4, -0.2) is 24.5 Å². The average molecular weight is 342 g/mol. The Morgan fingerprint density at radius 1 is 1.22 bits per heavy atom. The summed E-state index contributed by atoms with van der Waals surface area (Å²) in [5.74, 6) is 0.532. The molecule has 0 aliphatic heterocycles. The fourth-order valence-electron chi connectivity index (χ4n) is 1.87. The number of hydrogen-bond acceptors (Lipinski definition) is 3. The smallest absolute Gasteiger partial charge is 0.356 e. The monoisotopic (exact) mass is 342 g/mol. The molecule has 0 spiro atoms. The van der Waals surface area contributed by atoms with Gasteiger partial charge in [0, 0.05) is 19.0 Å². The van der Waals surface area contributed by atoms with Crippen molar-refractivity contribution in [3.63, 3.8) is 0 Å². The second kappa shape index (κ2) is 7.96. The van der Waals surface area contributed by atoms with E-state index < -0.39 is 11.9 Å². The number of nitrogens with zero attached hydrogens (tertiary/aromatic N) is 2. The molecule has 0 aliphatic rings. The van der Waals surface area contributed by atoms with Crippen molar-refractivity contribution in [1.82, 2.24) is 15.6 Å². The summed E-state index contributed by atoms with van der Waals surface area (Å²) < 4.78 is 37.4. The molecule has 0 amide bonds. The van der Waals surface area contributed by atoms with Crippen molar-refractivity contribution in [3.05, 3.63) is 52.0 Å². The van der Waals surface area contributed by atoms with Crippen LogP contribution in [-0.2, 0) is 19.1 Å². The molecule has 0 saturated heterocycles. The second-order valence-electron chi connectivity index (χ2n) is 4.71. The van der Waals surface area contributed by atoms with Crippen LogP contribution in [0.3, 0.4) is 0 Å². The number of rotatable bonds is 5. The molecule has 0 bridgehead atoms. The molecule has 0 unspecified atom stereocenters. The zero-order valence-corrected chi connectivity index (χ0v) is 13.3. The zero-order chi connectivity index (χ0) is 16.7. The van der Waals surface area contributed by atoms with Gasteiger partial charge in [-0.05, 0) is 12.0 Å². The van der Waals surface area contributed by atoms with E-state index >= 15 is 0 Å². The van der Waals surface area contributed by atoms with Gasteiger partial charge >= 0.3 is 6.18 Å². The lowest BCUT2D eigenvalue weighted by molar-refractivity contribution is -0.140. The van der Waals surface area contributed by atoms with Gasteiger partial charge in [0.2, 0.25) is 0 Å². The highest BCUT2D eigenvalue weighted by atomic mass is 32.1. The highest BCUT2D eigenvalue weighted by Gasteiger charge is 2.33. The van der Waals surface area contributed by atoms with Crippen LogP contribution in [0.15, 0.2) is 40.7 Å². The molecule has 2 rings (SSSR count). The Labute approximate surface area is 136 Å². The van der Waals surface area contributed by atoms with Crippen LogP contribution in [0.5, 0.6) is 0 Å². The first-order valence-corrected chi connectivity index (χ1v) is 7.87. The molecule has 2 N–H and O–H groups in total. The Balaban J connectivity index is 1.78. The summed E-state index contributed by atoms with van der Waals surface area (Å²) in [7, 11) is 1.61. The molecule has 1 aromatic heterocycles. The number of alkyl halides is 3. The van der Waals surface area contributed by atoms with Gasteiger partial charge in [0.05, 0.1) is 6.54 Å². The van der Waals surface area contributed by atoms with Crippen LogP contribution in [0.25, 0.3) is 0 Å². The largest absolute Gasteiger partial charge is 0.434 e. The minimum Gasteiger partial charge on any atom is -0.356 e. The first kappa shape index (κ1) is 17.3. The number of thiazole rings is 1. The van der Waals surface area contributed by atoms with E-state index in [9.17, 15) is 13.2 Å². The van der Waals surface area contributed by atoms with Crippen molar-refractivity contribution in [2.75, 3.05) is 13.6 Å². The summed E-state index contributed by atoms with van der Waals surface area (Å²) in [4.78, 5) is 7.60. The molecular formula is C15H17F3N4S. The predicted octanol–water partition coefficient (Wildman–Crippen LogP) is 3.07. The van der Waals surface area contributed by atoms with Crippen molar-refractivity contribution >= 4 is 17.3 Å². The third-order valence-corrected chi connectivity index (χ3v) is 3.87. The van der Waals surface area contributed by atoms with Crippen molar-refractivity contribution in [2.24, 2.45) is 4.99 Å². The van der Waals surface area contributed by atoms with E-state index in [1.165, 1.54) is 5.56 Å². The molecule has 2 aromatic rings. The Morgan fingerprint density at radius 2 is 1.96 bits per heavy atom. The van der Waals surface area contributed by atoms with Crippen molar-refractivity contribution < 1.29 is 13.2 Å². The lowest BCUT2D eigenvalue weighted by Gasteiger charge is -2.10. The number of hydrogen-bond donors (Lipinski definition) is 2. The zero-order valence-electron chi connectivity index (χ0n) is 12.5. The number of benzene rings is 1. The van der Waals surface area contributed by atoms with Crippen molar-refractivity contribution in [3.8, 4) is 0 Å². The normalized spacial score (nSPS) is 12.3. The van der Waals surface area contributed by atoms with E-state index in [4.69, 9.17) is 0 Å². The summed E-state index contributed by atoms with van der Waals surface area (Å²) >= 11 is 0.973. The quantitative estimate of drug-likeness (QED) is 0.649. The SMILES string of the molecule is CN=C(NCCc1ccccc1)NCc1nc(C(F)(F)F)cs1. The number of halogens is 3. The van der Waals surface area contributed by atoms with Crippen LogP contribution in [0.2, 0.25) is 0 Å². The van der Waals surface area contributed by atoms with Gasteiger partial charge in [0.15, 0.2) is 11.7 Å². The van der Waals surface area contributed by atoms with Gasteiger partial charge in [-0.1, -0.05) is 30.3 Å². The summed E-state index contributed by atoms with van der Waals surface area (Å²) in [6.45, 7) is 0.876. The molecule has 124 valence electrons. The first-order chi connectivity index (χ1) is 11.0. The third kappa shape index (κ3) is 5.55. The first-order valence-electron chi connectivity index (χ1n) is 6.99. The molecule has 0 saturated carbocycles. The highest BCUT2D eigenvalue weighted by molar-refractivity contribution is 7.09. The van der Waals surface area contributed by atoms with Crippen LogP contribution in [0.1, 0.15) is 16.3 Å². The molecule has 8 heteroatoms. The Kier molecular flexibility index (Phi) is 5.97. The maximum absolute atomic E-state index is 12.5. The number of nitrogens with one attached hydrogen (secondary N) is 2. The van der Waals surface area contributed by atoms with Crippen molar-refractivity contribution in [2.45, 2.75) is 19.1 Å². The maximum Gasteiger partial charge on any atom is 0.434 e. The topological polar surface area (TPSA) is 49.3 Å². The van der Waals surface area contributed by atoms with E-state index in [2.05, 4.69) is 20.6 Å². The number of aliphatic imine (C=N–C) groups is 1. The van der Waals surface area contributed by atoms with E-state index in [1.807, 2.05) is 30.3 Å². The van der Waals surface area contributed by atoms with Crippen LogP contribution in [0, 0.1) is 0 Å². The summed E-state index contributed by atoms with van der Waals surface area (Å²) in [5.41, 5.74) is 0.344. The third-order valence-electron chi connectivity index (χ3n) is 3.02. The fraction of sp³-hybridized carbons (Fsp3) is 0.333. The number of aromatic nitrogens is 1. The second-order valence-corrected chi connectivity index (χ2v) is 5.66. The van der Waals surface area contributed by atoms with Gasteiger partial charge in [-0.3, -0.25) is 4.99 Å². The molecule has 0 aliphatic carbocycles. The lowest BCUT2D eigenvalue weighted by atomic mass is 10.1. The molecule has 4 nitrogen and oxygen atoms in total. The molecular weight excluding hydrogens is 325 g/mol. The minimum atomic E-state index is -4.40. The maximum atomic E-state index is 12.5. The molecule has 0 fully saturated rings. The van der Waals surface area contributed by atoms with Gasteiger partial charge < -0.3 is 10.6 Å². The van der Waals surface area contributed by atoms with E-state index in [-0.39, 0.29) is 6.54 Å². The molecule has 1 aromatic carbocycles. The van der Waals surface area contributed by atoms with Crippen molar-refractivity contribution in [1.29, 1.82) is 0 Å². The average Bonchev–Trinajstić information content (AvgIpc) is 3.01. The standard InChI is InChI=1S/C15H17F3N4S/c1-19-14(20-8-7-11-5-3-2-4-6-11)21-9-13-22-12(10-23-13)15(16,17)18/h2-6,10H,7-9H2,1H3,(H2,19,20,21). The predicted molar refractivity (Wildman–Crippen MR) is 85.5 cm³/mol. The van der Waals surface area contributed by atoms with E-state index in [0.29, 0.717) is 17.5 Å².